The van der Waals surface area contributed by atoms with Crippen molar-refractivity contribution in [3.63, 3.8) is 0 Å². The van der Waals surface area contributed by atoms with E-state index in [0.717, 1.165) is 42.8 Å². The molecule has 3 unspecified atom stereocenters. The minimum absolute atomic E-state index is 0.0124. The van der Waals surface area contributed by atoms with Gasteiger partial charge in [-0.2, -0.15) is 0 Å². The molecule has 1 aliphatic heterocycles. The monoisotopic (exact) mass is 499 g/mol. The maximum Gasteiger partial charge on any atom is 0.258 e. The van der Waals surface area contributed by atoms with E-state index in [1.54, 1.807) is 9.80 Å². The first-order chi connectivity index (χ1) is 18.0. The number of likely N-dealkylation sites (tertiary alicyclic amines) is 1. The lowest BCUT2D eigenvalue weighted by atomic mass is 9.42. The third-order valence-corrected chi connectivity index (χ3v) is 10.3. The first kappa shape index (κ1) is 24.7. The Morgan fingerprint density at radius 3 is 2.14 bits per heavy atom. The average Bonchev–Trinajstić information content (AvgIpc) is 2.92. The van der Waals surface area contributed by atoms with Gasteiger partial charge in [0, 0.05) is 54.1 Å². The molecule has 2 aromatic rings. The summed E-state index contributed by atoms with van der Waals surface area (Å²) < 4.78 is 0. The number of piperidine rings is 2. The van der Waals surface area contributed by atoms with Gasteiger partial charge in [-0.15, -0.1) is 0 Å². The molecule has 5 nitrogen and oxygen atoms in total. The van der Waals surface area contributed by atoms with E-state index in [-0.39, 0.29) is 5.91 Å². The third kappa shape index (κ3) is 4.20. The van der Waals surface area contributed by atoms with E-state index < -0.39 is 0 Å². The SMILES string of the molecule is CC(CCN(C=O)c1ccc(N(C)C(=O)c2ccc(C3CCCCC3)cc2)cc1)N1C2CCC23CCC13. The highest BCUT2D eigenvalue weighted by Gasteiger charge is 2.70. The van der Waals surface area contributed by atoms with Crippen LogP contribution in [0.2, 0.25) is 0 Å². The Morgan fingerprint density at radius 1 is 0.946 bits per heavy atom. The number of carbonyl (C=O) groups is 2. The molecule has 3 atom stereocenters. The number of benzene rings is 2. The van der Waals surface area contributed by atoms with Gasteiger partial charge in [-0.1, -0.05) is 31.4 Å². The molecule has 1 spiro atoms. The van der Waals surface area contributed by atoms with Crippen molar-refractivity contribution in [1.29, 1.82) is 0 Å². The molecule has 0 N–H and O–H groups in total. The molecule has 5 heteroatoms. The second kappa shape index (κ2) is 9.90. The molecule has 3 aliphatic carbocycles. The molecule has 4 fully saturated rings. The largest absolute Gasteiger partial charge is 0.315 e. The number of carbonyl (C=O) groups excluding carboxylic acids is 2. The summed E-state index contributed by atoms with van der Waals surface area (Å²) in [6.07, 6.45) is 14.0. The fraction of sp³-hybridized carbons (Fsp3) is 0.562. The highest BCUT2D eigenvalue weighted by Crippen LogP contribution is 2.68. The molecule has 3 saturated carbocycles. The summed E-state index contributed by atoms with van der Waals surface area (Å²) >= 11 is 0. The molecule has 196 valence electrons. The van der Waals surface area contributed by atoms with E-state index in [2.05, 4.69) is 24.0 Å². The molecule has 2 aromatic carbocycles. The topological polar surface area (TPSA) is 43.9 Å². The molecule has 6 rings (SSSR count). The van der Waals surface area contributed by atoms with E-state index >= 15 is 0 Å². The minimum Gasteiger partial charge on any atom is -0.315 e. The van der Waals surface area contributed by atoms with E-state index in [1.165, 1.54) is 63.4 Å². The zero-order chi connectivity index (χ0) is 25.6. The smallest absolute Gasteiger partial charge is 0.258 e. The fourth-order valence-electron chi connectivity index (χ4n) is 7.84. The summed E-state index contributed by atoms with van der Waals surface area (Å²) in [6, 6.07) is 18.1. The molecule has 37 heavy (non-hydrogen) atoms. The van der Waals surface area contributed by atoms with Crippen LogP contribution < -0.4 is 9.80 Å². The second-order valence-corrected chi connectivity index (χ2v) is 12.1. The van der Waals surface area contributed by atoms with Gasteiger partial charge in [0.1, 0.15) is 0 Å². The first-order valence-corrected chi connectivity index (χ1v) is 14.5. The molecular weight excluding hydrogens is 458 g/mol. The molecule has 2 amide bonds. The van der Waals surface area contributed by atoms with Crippen LogP contribution in [-0.4, -0.2) is 48.9 Å². The van der Waals surface area contributed by atoms with Gasteiger partial charge in [0.2, 0.25) is 6.41 Å². The number of nitrogens with zero attached hydrogens (tertiary/aromatic N) is 3. The quantitative estimate of drug-likeness (QED) is 0.376. The lowest BCUT2D eigenvalue weighted by Crippen LogP contribution is -2.83. The van der Waals surface area contributed by atoms with Gasteiger partial charge in [-0.05, 0) is 99.7 Å². The van der Waals surface area contributed by atoms with E-state index in [4.69, 9.17) is 0 Å². The van der Waals surface area contributed by atoms with Crippen molar-refractivity contribution >= 4 is 23.7 Å². The molecule has 0 radical (unpaired) electrons. The first-order valence-electron chi connectivity index (χ1n) is 14.5. The zero-order valence-corrected chi connectivity index (χ0v) is 22.4. The predicted molar refractivity (Wildman–Crippen MR) is 149 cm³/mol. The lowest BCUT2D eigenvalue weighted by Gasteiger charge is -2.78. The Labute approximate surface area is 221 Å². The molecular formula is C32H41N3O2. The second-order valence-electron chi connectivity index (χ2n) is 12.1. The number of amides is 2. The predicted octanol–water partition coefficient (Wildman–Crippen LogP) is 6.38. The summed E-state index contributed by atoms with van der Waals surface area (Å²) in [4.78, 5) is 31.3. The maximum absolute atomic E-state index is 13.1. The van der Waals surface area contributed by atoms with E-state index in [0.29, 0.717) is 22.9 Å². The Balaban J connectivity index is 1.04. The third-order valence-electron chi connectivity index (χ3n) is 10.3. The number of rotatable bonds is 9. The Hall–Kier alpha value is -2.66. The molecule has 1 heterocycles. The van der Waals surface area contributed by atoms with Crippen LogP contribution in [0.25, 0.3) is 0 Å². The fourth-order valence-corrected chi connectivity index (χ4v) is 7.84. The van der Waals surface area contributed by atoms with Gasteiger partial charge in [0.15, 0.2) is 0 Å². The highest BCUT2D eigenvalue weighted by atomic mass is 16.2. The van der Waals surface area contributed by atoms with Crippen molar-refractivity contribution in [2.45, 2.75) is 95.2 Å². The van der Waals surface area contributed by atoms with Crippen LogP contribution >= 0.6 is 0 Å². The van der Waals surface area contributed by atoms with Crippen molar-refractivity contribution in [3.8, 4) is 0 Å². The minimum atomic E-state index is -0.0124. The van der Waals surface area contributed by atoms with Gasteiger partial charge in [0.25, 0.3) is 5.91 Å². The van der Waals surface area contributed by atoms with Gasteiger partial charge >= 0.3 is 0 Å². The summed E-state index contributed by atoms with van der Waals surface area (Å²) in [6.45, 7) is 3.05. The van der Waals surface area contributed by atoms with Crippen LogP contribution in [0.5, 0.6) is 0 Å². The summed E-state index contributed by atoms with van der Waals surface area (Å²) in [7, 11) is 1.82. The molecule has 0 aromatic heterocycles. The number of anilines is 2. The van der Waals surface area contributed by atoms with Crippen molar-refractivity contribution in [1.82, 2.24) is 4.90 Å². The Bertz CT molecular complexity index is 1100. The summed E-state index contributed by atoms with van der Waals surface area (Å²) in [5.41, 5.74) is 4.47. The molecule has 1 saturated heterocycles. The standard InChI is InChI=1S/C32H41N3O2/c1-23(35-29-16-19-32(29)20-17-30(32)35)18-21-34(22-36)28-14-12-27(13-15-28)33(2)31(37)26-10-8-25(9-11-26)24-6-4-3-5-7-24/h8-15,22-24,29-30H,3-7,16-21H2,1-2H3. The van der Waals surface area contributed by atoms with Crippen LogP contribution in [0.4, 0.5) is 11.4 Å². The van der Waals surface area contributed by atoms with Crippen molar-refractivity contribution in [2.24, 2.45) is 5.41 Å². The van der Waals surface area contributed by atoms with E-state index in [1.807, 2.05) is 43.4 Å². The van der Waals surface area contributed by atoms with Crippen molar-refractivity contribution < 1.29 is 9.59 Å². The molecule has 4 aliphatic rings. The van der Waals surface area contributed by atoms with Crippen LogP contribution in [-0.2, 0) is 4.79 Å². The average molecular weight is 500 g/mol. The van der Waals surface area contributed by atoms with E-state index in [9.17, 15) is 9.59 Å². The zero-order valence-electron chi connectivity index (χ0n) is 22.4. The van der Waals surface area contributed by atoms with Gasteiger partial charge in [-0.25, -0.2) is 0 Å². The number of hydrogen-bond acceptors (Lipinski definition) is 3. The maximum atomic E-state index is 13.1. The normalized spacial score (nSPS) is 27.5. The summed E-state index contributed by atoms with van der Waals surface area (Å²) in [5.74, 6) is 0.629. The number of hydrogen-bond donors (Lipinski definition) is 0. The molecule has 0 bridgehead atoms. The lowest BCUT2D eigenvalue weighted by molar-refractivity contribution is -0.277. The van der Waals surface area contributed by atoms with Gasteiger partial charge in [-0.3, -0.25) is 14.5 Å². The van der Waals surface area contributed by atoms with Crippen LogP contribution in [0, 0.1) is 5.41 Å². The Morgan fingerprint density at radius 2 is 1.57 bits per heavy atom. The highest BCUT2D eigenvalue weighted by molar-refractivity contribution is 6.05. The Kier molecular flexibility index (Phi) is 6.60. The van der Waals surface area contributed by atoms with Crippen molar-refractivity contribution in [2.75, 3.05) is 23.4 Å². The van der Waals surface area contributed by atoms with Gasteiger partial charge < -0.3 is 9.80 Å². The van der Waals surface area contributed by atoms with Crippen molar-refractivity contribution in [3.05, 3.63) is 59.7 Å². The van der Waals surface area contributed by atoms with Gasteiger partial charge in [0.05, 0.1) is 0 Å². The van der Waals surface area contributed by atoms with Crippen LogP contribution in [0.15, 0.2) is 48.5 Å². The summed E-state index contributed by atoms with van der Waals surface area (Å²) in [5, 5.41) is 0. The van der Waals surface area contributed by atoms with Crippen LogP contribution in [0.3, 0.4) is 0 Å². The van der Waals surface area contributed by atoms with Crippen LogP contribution in [0.1, 0.15) is 93.0 Å².